The van der Waals surface area contributed by atoms with Crippen LogP contribution in [0, 0.1) is 6.92 Å². The molecule has 3 N–H and O–H groups in total. The lowest BCUT2D eigenvalue weighted by atomic mass is 10.1. The van der Waals surface area contributed by atoms with Crippen molar-refractivity contribution >= 4 is 46.9 Å². The van der Waals surface area contributed by atoms with E-state index in [0.717, 1.165) is 5.56 Å². The minimum Gasteiger partial charge on any atom is -0.322 e. The fourth-order valence-corrected chi connectivity index (χ4v) is 2.87. The smallest absolute Gasteiger partial charge is 0.322 e. The minimum absolute atomic E-state index is 0.197. The van der Waals surface area contributed by atoms with Gasteiger partial charge in [0.05, 0.1) is 17.5 Å². The Bertz CT molecular complexity index is 1160. The molecule has 7 nitrogen and oxygen atoms in total. The number of rotatable bonds is 5. The molecule has 0 heterocycles. The van der Waals surface area contributed by atoms with Gasteiger partial charge in [-0.15, -0.1) is 0 Å². The van der Waals surface area contributed by atoms with E-state index >= 15 is 0 Å². The second-order valence-electron chi connectivity index (χ2n) is 6.54. The van der Waals surface area contributed by atoms with Gasteiger partial charge in [0.15, 0.2) is 0 Å². The number of hydrogen-bond acceptors (Lipinski definition) is 4. The summed E-state index contributed by atoms with van der Waals surface area (Å²) in [6.45, 7) is 1.91. The number of nitrogens with one attached hydrogen (secondary N) is 3. The maximum absolute atomic E-state index is 12.7. The van der Waals surface area contributed by atoms with E-state index in [4.69, 9.17) is 11.6 Å². The van der Waals surface area contributed by atoms with Crippen molar-refractivity contribution in [1.82, 2.24) is 5.43 Å². The molecule has 0 radical (unpaired) electrons. The van der Waals surface area contributed by atoms with Crippen molar-refractivity contribution in [3.63, 3.8) is 0 Å². The van der Waals surface area contributed by atoms with Crippen molar-refractivity contribution in [3.05, 3.63) is 94.5 Å². The number of benzene rings is 3. The van der Waals surface area contributed by atoms with E-state index in [1.807, 2.05) is 25.1 Å². The first kappa shape index (κ1) is 21.7. The molecule has 3 aromatic carbocycles. The quantitative estimate of drug-likeness (QED) is 0.321. The molecule has 0 aliphatic carbocycles. The normalized spacial score (nSPS) is 10.5. The van der Waals surface area contributed by atoms with Gasteiger partial charge >= 0.3 is 11.8 Å². The van der Waals surface area contributed by atoms with Gasteiger partial charge in [-0.25, -0.2) is 5.43 Å². The monoisotopic (exact) mass is 434 g/mol. The summed E-state index contributed by atoms with van der Waals surface area (Å²) < 4.78 is 0. The van der Waals surface area contributed by atoms with Gasteiger partial charge in [-0.2, -0.15) is 5.10 Å². The third kappa shape index (κ3) is 6.01. The van der Waals surface area contributed by atoms with Crippen LogP contribution in [-0.2, 0) is 9.59 Å². The summed E-state index contributed by atoms with van der Waals surface area (Å²) in [5, 5.41) is 9.40. The Labute approximate surface area is 184 Å². The number of para-hydroxylation sites is 1. The fraction of sp³-hybridized carbons (Fsp3) is 0.0435. The largest absolute Gasteiger partial charge is 0.329 e. The summed E-state index contributed by atoms with van der Waals surface area (Å²) in [5.74, 6) is -2.37. The lowest BCUT2D eigenvalue weighted by Crippen LogP contribution is -2.33. The zero-order chi connectivity index (χ0) is 22.2. The van der Waals surface area contributed by atoms with Crippen molar-refractivity contribution in [1.29, 1.82) is 0 Å². The summed E-state index contributed by atoms with van der Waals surface area (Å²) in [6.07, 6.45) is 1.33. The molecule has 3 aromatic rings. The first-order valence-electron chi connectivity index (χ1n) is 9.30. The molecule has 0 spiro atoms. The molecule has 0 atom stereocenters. The summed E-state index contributed by atoms with van der Waals surface area (Å²) in [7, 11) is 0. The Kier molecular flexibility index (Phi) is 7.13. The third-order valence-corrected chi connectivity index (χ3v) is 4.52. The first-order chi connectivity index (χ1) is 14.9. The number of carbonyl (C=O) groups is 3. The van der Waals surface area contributed by atoms with Crippen LogP contribution in [0.25, 0.3) is 0 Å². The van der Waals surface area contributed by atoms with Gasteiger partial charge in [-0.05, 0) is 42.8 Å². The molecule has 0 fully saturated rings. The number of nitrogens with zero attached hydrogens (tertiary/aromatic N) is 1. The Morgan fingerprint density at radius 1 is 0.871 bits per heavy atom. The van der Waals surface area contributed by atoms with Crippen molar-refractivity contribution in [2.45, 2.75) is 6.92 Å². The Morgan fingerprint density at radius 3 is 2.39 bits per heavy atom. The zero-order valence-electron chi connectivity index (χ0n) is 16.6. The second-order valence-corrected chi connectivity index (χ2v) is 6.95. The number of carbonyl (C=O) groups excluding carboxylic acids is 3. The van der Waals surface area contributed by atoms with E-state index in [1.165, 1.54) is 12.3 Å². The van der Waals surface area contributed by atoms with Crippen LogP contribution in [0.5, 0.6) is 0 Å². The van der Waals surface area contributed by atoms with Gasteiger partial charge < -0.3 is 10.6 Å². The molecule has 156 valence electrons. The van der Waals surface area contributed by atoms with Gasteiger partial charge in [-0.1, -0.05) is 54.1 Å². The highest BCUT2D eigenvalue weighted by atomic mass is 35.5. The molecule has 3 rings (SSSR count). The molecular weight excluding hydrogens is 416 g/mol. The van der Waals surface area contributed by atoms with Crippen LogP contribution in [0.3, 0.4) is 0 Å². The zero-order valence-corrected chi connectivity index (χ0v) is 17.3. The van der Waals surface area contributed by atoms with Crippen LogP contribution in [0.4, 0.5) is 11.4 Å². The number of aryl methyl sites for hydroxylation is 1. The van der Waals surface area contributed by atoms with E-state index in [2.05, 4.69) is 21.2 Å². The van der Waals surface area contributed by atoms with Gasteiger partial charge in [0.2, 0.25) is 0 Å². The summed E-state index contributed by atoms with van der Waals surface area (Å²) in [4.78, 5) is 37.0. The molecule has 0 saturated heterocycles. The van der Waals surface area contributed by atoms with Crippen molar-refractivity contribution in [2.24, 2.45) is 5.10 Å². The van der Waals surface area contributed by atoms with Gasteiger partial charge in [-0.3, -0.25) is 14.4 Å². The fourth-order valence-electron chi connectivity index (χ4n) is 2.68. The number of anilines is 2. The topological polar surface area (TPSA) is 99.7 Å². The van der Waals surface area contributed by atoms with Gasteiger partial charge in [0.1, 0.15) is 0 Å². The average Bonchev–Trinajstić information content (AvgIpc) is 2.75. The molecule has 8 heteroatoms. The molecule has 0 aliphatic heterocycles. The second kappa shape index (κ2) is 10.2. The Hall–Kier alpha value is -3.97. The number of hydrazone groups is 1. The lowest BCUT2D eigenvalue weighted by molar-refractivity contribution is -0.136. The van der Waals surface area contributed by atoms with Crippen LogP contribution >= 0.6 is 11.6 Å². The Balaban J connectivity index is 1.65. The highest BCUT2D eigenvalue weighted by Gasteiger charge is 2.17. The molecule has 3 amide bonds. The van der Waals surface area contributed by atoms with E-state index in [9.17, 15) is 14.4 Å². The van der Waals surface area contributed by atoms with Crippen LogP contribution in [0.15, 0.2) is 77.9 Å². The predicted molar refractivity (Wildman–Crippen MR) is 121 cm³/mol. The number of hydrogen-bond donors (Lipinski definition) is 3. The molecule has 0 bridgehead atoms. The van der Waals surface area contributed by atoms with Gasteiger partial charge in [0, 0.05) is 16.3 Å². The molecule has 0 saturated carbocycles. The minimum atomic E-state index is -0.989. The molecule has 0 unspecified atom stereocenters. The maximum atomic E-state index is 12.7. The summed E-state index contributed by atoms with van der Waals surface area (Å²) >= 11 is 6.00. The third-order valence-electron chi connectivity index (χ3n) is 4.18. The standard InChI is InChI=1S/C23H19ClN4O3/c1-15-7-6-9-17(13-15)26-21(29)18-10-3-5-12-20(18)27-22(30)23(31)28-25-14-16-8-2-4-11-19(16)24/h2-14H,1H3,(H,26,29)(H,27,30)(H,28,31)/b25-14-. The van der Waals surface area contributed by atoms with E-state index < -0.39 is 17.7 Å². The summed E-state index contributed by atoms with van der Waals surface area (Å²) in [5.41, 5.74) is 4.75. The van der Waals surface area contributed by atoms with Crippen molar-refractivity contribution < 1.29 is 14.4 Å². The van der Waals surface area contributed by atoms with Crippen LogP contribution < -0.4 is 16.1 Å². The van der Waals surface area contributed by atoms with E-state index in [-0.39, 0.29) is 11.3 Å². The lowest BCUT2D eigenvalue weighted by Gasteiger charge is -2.11. The van der Waals surface area contributed by atoms with Crippen LogP contribution in [0.1, 0.15) is 21.5 Å². The molecule has 0 aromatic heterocycles. The summed E-state index contributed by atoms with van der Waals surface area (Å²) in [6, 6.07) is 20.6. The van der Waals surface area contributed by atoms with E-state index in [0.29, 0.717) is 16.3 Å². The predicted octanol–water partition coefficient (Wildman–Crippen LogP) is 3.99. The molecular formula is C23H19ClN4O3. The maximum Gasteiger partial charge on any atom is 0.329 e. The highest BCUT2D eigenvalue weighted by Crippen LogP contribution is 2.18. The van der Waals surface area contributed by atoms with Crippen LogP contribution in [0.2, 0.25) is 5.02 Å². The van der Waals surface area contributed by atoms with Crippen molar-refractivity contribution in [3.8, 4) is 0 Å². The Morgan fingerprint density at radius 2 is 1.61 bits per heavy atom. The van der Waals surface area contributed by atoms with Gasteiger partial charge in [0.25, 0.3) is 5.91 Å². The number of halogens is 1. The highest BCUT2D eigenvalue weighted by molar-refractivity contribution is 6.40. The first-order valence-corrected chi connectivity index (χ1v) is 9.68. The average molecular weight is 435 g/mol. The van der Waals surface area contributed by atoms with Crippen molar-refractivity contribution in [2.75, 3.05) is 10.6 Å². The molecule has 31 heavy (non-hydrogen) atoms. The SMILES string of the molecule is Cc1cccc(NC(=O)c2ccccc2NC(=O)C(=O)N/N=C\c2ccccc2Cl)c1. The van der Waals surface area contributed by atoms with Crippen LogP contribution in [-0.4, -0.2) is 23.9 Å². The molecule has 0 aliphatic rings. The van der Waals surface area contributed by atoms with E-state index in [1.54, 1.807) is 48.5 Å². The number of amides is 3.